The molecule has 0 saturated heterocycles. The molecule has 3 heteroatoms. The highest BCUT2D eigenvalue weighted by Crippen LogP contribution is 2.43. The van der Waals surface area contributed by atoms with E-state index in [9.17, 15) is 0 Å². The second-order valence-electron chi connectivity index (χ2n) is 5.87. The fourth-order valence-electron chi connectivity index (χ4n) is 2.81. The van der Waals surface area contributed by atoms with Crippen LogP contribution in [0.3, 0.4) is 0 Å². The zero-order valence-corrected chi connectivity index (χ0v) is 11.3. The zero-order valence-electron chi connectivity index (χ0n) is 11.3. The van der Waals surface area contributed by atoms with Crippen LogP contribution in [0.25, 0.3) is 0 Å². The monoisotopic (exact) mass is 225 g/mol. The second kappa shape index (κ2) is 5.55. The molecule has 0 aromatic carbocycles. The van der Waals surface area contributed by atoms with Crippen molar-refractivity contribution < 1.29 is 0 Å². The molecule has 94 valence electrons. The molecular weight excluding hydrogens is 198 g/mol. The van der Waals surface area contributed by atoms with E-state index in [4.69, 9.17) is 5.73 Å². The number of hydrogen-bond donors (Lipinski definition) is 1. The third kappa shape index (κ3) is 3.69. The molecule has 0 amide bonds. The number of guanidine groups is 1. The zero-order chi connectivity index (χ0) is 12.2. The summed E-state index contributed by atoms with van der Waals surface area (Å²) in [5, 5.41) is 0. The third-order valence-corrected chi connectivity index (χ3v) is 3.54. The molecule has 1 saturated carbocycles. The van der Waals surface area contributed by atoms with Gasteiger partial charge in [0.05, 0.1) is 0 Å². The number of nitrogens with two attached hydrogens (primary N) is 1. The topological polar surface area (TPSA) is 41.6 Å². The predicted molar refractivity (Wildman–Crippen MR) is 70.5 cm³/mol. The standard InChI is InChI=1S/C13H27N3/c1-11(2)9-13(7-5-6-8-13)10-15-12(14)16(3)4/h11H,5-10H2,1-4H3,(H2,14,15). The van der Waals surface area contributed by atoms with Gasteiger partial charge in [0.2, 0.25) is 0 Å². The Bertz CT molecular complexity index is 238. The van der Waals surface area contributed by atoms with Gasteiger partial charge in [-0.25, -0.2) is 0 Å². The Morgan fingerprint density at radius 3 is 2.31 bits per heavy atom. The van der Waals surface area contributed by atoms with Crippen LogP contribution in [0.5, 0.6) is 0 Å². The molecule has 0 bridgehead atoms. The first kappa shape index (κ1) is 13.3. The smallest absolute Gasteiger partial charge is 0.190 e. The van der Waals surface area contributed by atoms with Gasteiger partial charge in [0.15, 0.2) is 5.96 Å². The molecule has 0 unspecified atom stereocenters. The first-order chi connectivity index (χ1) is 7.45. The SMILES string of the molecule is CC(C)CC1(CN=C(N)N(C)C)CCCC1. The molecule has 0 atom stereocenters. The van der Waals surface area contributed by atoms with Crippen molar-refractivity contribution in [3.8, 4) is 0 Å². The van der Waals surface area contributed by atoms with Crippen LogP contribution in [-0.2, 0) is 0 Å². The Labute approximate surface area is 100 Å². The van der Waals surface area contributed by atoms with Crippen LogP contribution in [0.15, 0.2) is 4.99 Å². The highest BCUT2D eigenvalue weighted by molar-refractivity contribution is 5.77. The van der Waals surface area contributed by atoms with E-state index in [-0.39, 0.29) is 0 Å². The van der Waals surface area contributed by atoms with Crippen LogP contribution >= 0.6 is 0 Å². The van der Waals surface area contributed by atoms with Crippen molar-refractivity contribution in [2.75, 3.05) is 20.6 Å². The van der Waals surface area contributed by atoms with Crippen molar-refractivity contribution in [1.29, 1.82) is 0 Å². The molecule has 1 fully saturated rings. The van der Waals surface area contributed by atoms with Gasteiger partial charge in [-0.05, 0) is 30.6 Å². The fourth-order valence-corrected chi connectivity index (χ4v) is 2.81. The van der Waals surface area contributed by atoms with Crippen molar-refractivity contribution in [3.63, 3.8) is 0 Å². The lowest BCUT2D eigenvalue weighted by molar-refractivity contribution is 0.244. The van der Waals surface area contributed by atoms with Crippen molar-refractivity contribution in [2.24, 2.45) is 22.1 Å². The van der Waals surface area contributed by atoms with Crippen molar-refractivity contribution in [2.45, 2.75) is 46.0 Å². The second-order valence-corrected chi connectivity index (χ2v) is 5.87. The minimum Gasteiger partial charge on any atom is -0.370 e. The van der Waals surface area contributed by atoms with Gasteiger partial charge < -0.3 is 10.6 Å². The Morgan fingerprint density at radius 1 is 1.31 bits per heavy atom. The molecule has 0 spiro atoms. The maximum absolute atomic E-state index is 5.86. The largest absolute Gasteiger partial charge is 0.370 e. The summed E-state index contributed by atoms with van der Waals surface area (Å²) in [6.07, 6.45) is 6.68. The summed E-state index contributed by atoms with van der Waals surface area (Å²) in [4.78, 5) is 6.44. The highest BCUT2D eigenvalue weighted by Gasteiger charge is 2.34. The molecule has 16 heavy (non-hydrogen) atoms. The number of hydrogen-bond acceptors (Lipinski definition) is 1. The van der Waals surface area contributed by atoms with E-state index in [1.165, 1.54) is 32.1 Å². The summed E-state index contributed by atoms with van der Waals surface area (Å²) >= 11 is 0. The van der Waals surface area contributed by atoms with E-state index in [0.717, 1.165) is 12.5 Å². The minimum atomic E-state index is 0.439. The Kier molecular flexibility index (Phi) is 4.63. The number of nitrogens with zero attached hydrogens (tertiary/aromatic N) is 2. The van der Waals surface area contributed by atoms with Crippen LogP contribution in [0, 0.1) is 11.3 Å². The molecule has 0 radical (unpaired) electrons. The van der Waals surface area contributed by atoms with Crippen molar-refractivity contribution >= 4 is 5.96 Å². The molecule has 0 aliphatic heterocycles. The summed E-state index contributed by atoms with van der Waals surface area (Å²) in [5.74, 6) is 1.42. The van der Waals surface area contributed by atoms with Gasteiger partial charge in [0.25, 0.3) is 0 Å². The molecule has 2 N–H and O–H groups in total. The van der Waals surface area contributed by atoms with E-state index < -0.39 is 0 Å². The lowest BCUT2D eigenvalue weighted by Crippen LogP contribution is -2.32. The third-order valence-electron chi connectivity index (χ3n) is 3.54. The van der Waals surface area contributed by atoms with E-state index in [1.807, 2.05) is 19.0 Å². The van der Waals surface area contributed by atoms with E-state index in [0.29, 0.717) is 11.4 Å². The quantitative estimate of drug-likeness (QED) is 0.590. The first-order valence-corrected chi connectivity index (χ1v) is 6.42. The van der Waals surface area contributed by atoms with Crippen LogP contribution in [0.2, 0.25) is 0 Å². The summed E-state index contributed by atoms with van der Waals surface area (Å²) < 4.78 is 0. The van der Waals surface area contributed by atoms with Gasteiger partial charge in [-0.15, -0.1) is 0 Å². The normalized spacial score (nSPS) is 20.4. The van der Waals surface area contributed by atoms with Gasteiger partial charge in [0, 0.05) is 20.6 Å². The first-order valence-electron chi connectivity index (χ1n) is 6.42. The lowest BCUT2D eigenvalue weighted by atomic mass is 9.78. The fraction of sp³-hybridized carbons (Fsp3) is 0.923. The van der Waals surface area contributed by atoms with E-state index in [2.05, 4.69) is 18.8 Å². The highest BCUT2D eigenvalue weighted by atomic mass is 15.2. The molecule has 1 rings (SSSR count). The molecule has 0 heterocycles. The molecule has 0 aromatic rings. The average molecular weight is 225 g/mol. The Morgan fingerprint density at radius 2 is 1.88 bits per heavy atom. The molecule has 1 aliphatic rings. The molecule has 3 nitrogen and oxygen atoms in total. The summed E-state index contributed by atoms with van der Waals surface area (Å²) in [5.41, 5.74) is 6.30. The molecular formula is C13H27N3. The maximum Gasteiger partial charge on any atom is 0.190 e. The van der Waals surface area contributed by atoms with Gasteiger partial charge in [-0.1, -0.05) is 26.7 Å². The van der Waals surface area contributed by atoms with Crippen LogP contribution in [-0.4, -0.2) is 31.5 Å². The maximum atomic E-state index is 5.86. The summed E-state index contributed by atoms with van der Waals surface area (Å²) in [6, 6.07) is 0. The predicted octanol–water partition coefficient (Wildman–Crippen LogP) is 2.47. The van der Waals surface area contributed by atoms with Crippen LogP contribution in [0.4, 0.5) is 0 Å². The van der Waals surface area contributed by atoms with Gasteiger partial charge in [0.1, 0.15) is 0 Å². The van der Waals surface area contributed by atoms with Gasteiger partial charge in [-0.3, -0.25) is 4.99 Å². The summed E-state index contributed by atoms with van der Waals surface area (Å²) in [7, 11) is 3.89. The van der Waals surface area contributed by atoms with Crippen LogP contribution in [0.1, 0.15) is 46.0 Å². The number of aliphatic imine (C=N–C) groups is 1. The van der Waals surface area contributed by atoms with Gasteiger partial charge in [-0.2, -0.15) is 0 Å². The molecule has 1 aliphatic carbocycles. The lowest BCUT2D eigenvalue weighted by Gasteiger charge is -2.29. The Hall–Kier alpha value is -0.730. The Balaban J connectivity index is 2.61. The number of rotatable bonds is 4. The van der Waals surface area contributed by atoms with Crippen molar-refractivity contribution in [3.05, 3.63) is 0 Å². The average Bonchev–Trinajstić information content (AvgIpc) is 2.62. The van der Waals surface area contributed by atoms with E-state index in [1.54, 1.807) is 0 Å². The molecule has 0 aromatic heterocycles. The van der Waals surface area contributed by atoms with Crippen LogP contribution < -0.4 is 5.73 Å². The minimum absolute atomic E-state index is 0.439. The summed E-state index contributed by atoms with van der Waals surface area (Å²) in [6.45, 7) is 5.52. The van der Waals surface area contributed by atoms with Gasteiger partial charge >= 0.3 is 0 Å². The van der Waals surface area contributed by atoms with E-state index >= 15 is 0 Å². The van der Waals surface area contributed by atoms with Crippen molar-refractivity contribution in [1.82, 2.24) is 4.90 Å².